The molecule has 0 rings (SSSR count). The van der Waals surface area contributed by atoms with Crippen molar-refractivity contribution in [2.75, 3.05) is 0 Å². The molecule has 0 aromatic carbocycles. The second-order valence-electron chi connectivity index (χ2n) is 1.93. The van der Waals surface area contributed by atoms with Crippen LogP contribution in [0.2, 0.25) is 6.04 Å². The van der Waals surface area contributed by atoms with Crippen LogP contribution in [0.15, 0.2) is 0 Å². The average Bonchev–Trinajstić information content (AvgIpc) is 1.80. The van der Waals surface area contributed by atoms with Crippen LogP contribution < -0.4 is 0 Å². The number of carbonyl (C=O) groups is 1. The molecular formula is C6H13O2Si. The normalized spacial score (nSPS) is 10.4. The van der Waals surface area contributed by atoms with Crippen molar-refractivity contribution in [1.82, 2.24) is 0 Å². The van der Waals surface area contributed by atoms with Crippen molar-refractivity contribution >= 4 is 15.7 Å². The van der Waals surface area contributed by atoms with Crippen molar-refractivity contribution in [3.63, 3.8) is 0 Å². The van der Waals surface area contributed by atoms with Crippen LogP contribution in [0.5, 0.6) is 0 Å². The summed E-state index contributed by atoms with van der Waals surface area (Å²) < 4.78 is 4.73. The Morgan fingerprint density at radius 2 is 2.44 bits per heavy atom. The monoisotopic (exact) mass is 145 g/mol. The molecule has 0 amide bonds. The largest absolute Gasteiger partial charge is 0.525 e. The fourth-order valence-electron chi connectivity index (χ4n) is 0.538. The fraction of sp³-hybridized carbons (Fsp3) is 0.667. The minimum atomic E-state index is -0.559. The second kappa shape index (κ2) is 5.82. The molecule has 0 aromatic heterocycles. The molecule has 0 atom stereocenters. The van der Waals surface area contributed by atoms with Crippen LogP contribution in [-0.2, 0) is 9.22 Å². The lowest BCUT2D eigenvalue weighted by Gasteiger charge is -1.97. The quantitative estimate of drug-likeness (QED) is 0.429. The van der Waals surface area contributed by atoms with Gasteiger partial charge in [0.2, 0.25) is 9.76 Å². The van der Waals surface area contributed by atoms with Gasteiger partial charge in [-0.05, 0) is 6.04 Å². The highest BCUT2D eigenvalue weighted by Gasteiger charge is 1.91. The van der Waals surface area contributed by atoms with Crippen LogP contribution in [0, 0.1) is 6.92 Å². The van der Waals surface area contributed by atoms with Gasteiger partial charge in [0, 0.05) is 0 Å². The molecule has 0 aliphatic carbocycles. The summed E-state index contributed by atoms with van der Waals surface area (Å²) in [6.45, 7) is 5.24. The SMILES string of the molecule is [CH2]C(=O)O[SiH2]CCCC. The van der Waals surface area contributed by atoms with Crippen molar-refractivity contribution in [1.29, 1.82) is 0 Å². The van der Waals surface area contributed by atoms with E-state index >= 15 is 0 Å². The smallest absolute Gasteiger partial charge is 0.292 e. The summed E-state index contributed by atoms with van der Waals surface area (Å²) in [6.07, 6.45) is 2.36. The van der Waals surface area contributed by atoms with Gasteiger partial charge < -0.3 is 4.43 Å². The predicted octanol–water partition coefficient (Wildman–Crippen LogP) is 0.666. The highest BCUT2D eigenvalue weighted by Crippen LogP contribution is 1.93. The summed E-state index contributed by atoms with van der Waals surface area (Å²) in [6, 6.07) is 1.10. The van der Waals surface area contributed by atoms with Crippen LogP contribution in [0.25, 0.3) is 0 Å². The van der Waals surface area contributed by atoms with Crippen LogP contribution in [0.1, 0.15) is 19.8 Å². The van der Waals surface area contributed by atoms with Gasteiger partial charge >= 0.3 is 0 Å². The molecule has 0 unspecified atom stereocenters. The van der Waals surface area contributed by atoms with Gasteiger partial charge in [0.05, 0.1) is 6.92 Å². The van der Waals surface area contributed by atoms with Crippen LogP contribution in [0.4, 0.5) is 0 Å². The zero-order valence-electron chi connectivity index (χ0n) is 5.85. The maximum absolute atomic E-state index is 10.1. The maximum atomic E-state index is 10.1. The first-order valence-electron chi connectivity index (χ1n) is 3.26. The lowest BCUT2D eigenvalue weighted by atomic mass is 10.4. The number of rotatable bonds is 4. The van der Waals surface area contributed by atoms with E-state index in [0.29, 0.717) is 0 Å². The van der Waals surface area contributed by atoms with Gasteiger partial charge in [0.25, 0.3) is 5.97 Å². The highest BCUT2D eigenvalue weighted by molar-refractivity contribution is 6.30. The zero-order valence-corrected chi connectivity index (χ0v) is 7.27. The van der Waals surface area contributed by atoms with Crippen molar-refractivity contribution in [2.45, 2.75) is 25.8 Å². The molecule has 0 fully saturated rings. The Bertz CT molecular complexity index is 83.1. The Hall–Kier alpha value is -0.313. The van der Waals surface area contributed by atoms with Crippen LogP contribution in [-0.4, -0.2) is 15.7 Å². The van der Waals surface area contributed by atoms with E-state index in [2.05, 4.69) is 13.8 Å². The van der Waals surface area contributed by atoms with E-state index < -0.39 is 9.76 Å². The van der Waals surface area contributed by atoms with E-state index in [1.54, 1.807) is 0 Å². The summed E-state index contributed by atoms with van der Waals surface area (Å²) in [5, 5.41) is 0. The molecule has 0 saturated carbocycles. The molecule has 0 heterocycles. The van der Waals surface area contributed by atoms with Gasteiger partial charge in [-0.2, -0.15) is 0 Å². The average molecular weight is 145 g/mol. The van der Waals surface area contributed by atoms with Gasteiger partial charge in [0.15, 0.2) is 0 Å². The Morgan fingerprint density at radius 1 is 1.78 bits per heavy atom. The first-order valence-corrected chi connectivity index (χ1v) is 4.83. The topological polar surface area (TPSA) is 26.3 Å². The summed E-state index contributed by atoms with van der Waals surface area (Å²) in [5.41, 5.74) is 0. The van der Waals surface area contributed by atoms with Crippen molar-refractivity contribution in [2.24, 2.45) is 0 Å². The molecule has 0 aromatic rings. The van der Waals surface area contributed by atoms with E-state index in [9.17, 15) is 4.79 Å². The molecule has 0 N–H and O–H groups in total. The third-order valence-electron chi connectivity index (χ3n) is 1.01. The second-order valence-corrected chi connectivity index (χ2v) is 3.33. The van der Waals surface area contributed by atoms with E-state index in [-0.39, 0.29) is 5.97 Å². The van der Waals surface area contributed by atoms with Gasteiger partial charge in [0.1, 0.15) is 0 Å². The number of unbranched alkanes of at least 4 members (excludes halogenated alkanes) is 1. The van der Waals surface area contributed by atoms with E-state index in [4.69, 9.17) is 4.43 Å². The number of hydrogen-bond acceptors (Lipinski definition) is 2. The standard InChI is InChI=1S/C6H13O2Si/c1-3-4-5-9-8-6(2)7/h2-5,9H2,1H3. The third-order valence-corrected chi connectivity index (χ3v) is 2.33. The van der Waals surface area contributed by atoms with E-state index in [0.717, 1.165) is 6.04 Å². The summed E-state index contributed by atoms with van der Waals surface area (Å²) >= 11 is 0. The Kier molecular flexibility index (Phi) is 5.61. The molecule has 0 bridgehead atoms. The lowest BCUT2D eigenvalue weighted by molar-refractivity contribution is -0.129. The molecule has 9 heavy (non-hydrogen) atoms. The molecule has 0 saturated heterocycles. The fourth-order valence-corrected chi connectivity index (χ4v) is 1.61. The minimum Gasteiger partial charge on any atom is -0.525 e. The van der Waals surface area contributed by atoms with Crippen molar-refractivity contribution in [3.05, 3.63) is 6.92 Å². The minimum absolute atomic E-state index is 0.363. The molecule has 1 radical (unpaired) electrons. The molecule has 2 nitrogen and oxygen atoms in total. The summed E-state index contributed by atoms with van der Waals surface area (Å²) in [5.74, 6) is -0.363. The van der Waals surface area contributed by atoms with Crippen LogP contribution in [0.3, 0.4) is 0 Å². The number of carbonyl (C=O) groups excluding carboxylic acids is 1. The third kappa shape index (κ3) is 7.69. The molecule has 0 spiro atoms. The molecule has 53 valence electrons. The highest BCUT2D eigenvalue weighted by atomic mass is 28.2. The first-order chi connectivity index (χ1) is 4.27. The molecule has 0 aliphatic heterocycles. The van der Waals surface area contributed by atoms with Gasteiger partial charge in [-0.1, -0.05) is 19.8 Å². The zero-order chi connectivity index (χ0) is 7.11. The number of hydrogen-bond donors (Lipinski definition) is 0. The van der Waals surface area contributed by atoms with Crippen LogP contribution >= 0.6 is 0 Å². The lowest BCUT2D eigenvalue weighted by Crippen LogP contribution is -2.03. The molecule has 3 heteroatoms. The van der Waals surface area contributed by atoms with Gasteiger partial charge in [-0.25, -0.2) is 0 Å². The van der Waals surface area contributed by atoms with E-state index in [1.807, 2.05) is 0 Å². The van der Waals surface area contributed by atoms with E-state index in [1.165, 1.54) is 12.8 Å². The summed E-state index contributed by atoms with van der Waals surface area (Å²) in [7, 11) is -0.559. The van der Waals surface area contributed by atoms with Crippen molar-refractivity contribution in [3.8, 4) is 0 Å². The summed E-state index contributed by atoms with van der Waals surface area (Å²) in [4.78, 5) is 10.1. The Balaban J connectivity index is 2.83. The van der Waals surface area contributed by atoms with Crippen molar-refractivity contribution < 1.29 is 9.22 Å². The van der Waals surface area contributed by atoms with Gasteiger partial charge in [-0.3, -0.25) is 4.79 Å². The first kappa shape index (κ1) is 8.69. The molecular weight excluding hydrogens is 132 g/mol. The maximum Gasteiger partial charge on any atom is 0.292 e. The van der Waals surface area contributed by atoms with Gasteiger partial charge in [-0.15, -0.1) is 0 Å². The predicted molar refractivity (Wildman–Crippen MR) is 39.7 cm³/mol. The Labute approximate surface area is 58.5 Å². The Morgan fingerprint density at radius 3 is 2.89 bits per heavy atom. The molecule has 0 aliphatic rings.